The third-order valence-corrected chi connectivity index (χ3v) is 2.58. The average Bonchev–Trinajstić information content (AvgIpc) is 2.65. The predicted molar refractivity (Wildman–Crippen MR) is 58.7 cm³/mol. The van der Waals surface area contributed by atoms with Crippen LogP contribution in [0.4, 0.5) is 0 Å². The van der Waals surface area contributed by atoms with Crippen LogP contribution >= 0.6 is 11.6 Å². The Balaban J connectivity index is 2.32. The highest BCUT2D eigenvalue weighted by Gasteiger charge is 2.13. The van der Waals surface area contributed by atoms with Crippen molar-refractivity contribution < 1.29 is 5.11 Å². The van der Waals surface area contributed by atoms with Gasteiger partial charge in [-0.1, -0.05) is 23.7 Å². The summed E-state index contributed by atoms with van der Waals surface area (Å²) in [6.07, 6.45) is 1.00. The van der Waals surface area contributed by atoms with Gasteiger partial charge in [-0.25, -0.2) is 0 Å². The van der Waals surface area contributed by atoms with E-state index < -0.39 is 6.10 Å². The lowest BCUT2D eigenvalue weighted by Crippen LogP contribution is -2.06. The fourth-order valence-electron chi connectivity index (χ4n) is 1.47. The molecule has 0 aliphatic heterocycles. The van der Waals surface area contributed by atoms with Gasteiger partial charge in [0.15, 0.2) is 0 Å². The molecule has 1 aromatic heterocycles. The van der Waals surface area contributed by atoms with Gasteiger partial charge < -0.3 is 5.11 Å². The number of aliphatic hydroxyl groups is 1. The van der Waals surface area contributed by atoms with E-state index >= 15 is 0 Å². The van der Waals surface area contributed by atoms with Gasteiger partial charge in [0, 0.05) is 18.3 Å². The van der Waals surface area contributed by atoms with Gasteiger partial charge in [-0.3, -0.25) is 4.68 Å². The molecule has 0 spiro atoms. The standard InChI is InChI=1S/C11H11ClN2O/c1-14-10(6-7-13-14)11(15)8-2-4-9(12)5-3-8/h2-7,11,15H,1H3. The Morgan fingerprint density at radius 2 is 1.93 bits per heavy atom. The Morgan fingerprint density at radius 3 is 2.47 bits per heavy atom. The smallest absolute Gasteiger partial charge is 0.121 e. The molecule has 3 nitrogen and oxygen atoms in total. The van der Waals surface area contributed by atoms with Crippen LogP contribution in [0.25, 0.3) is 0 Å². The number of aliphatic hydroxyl groups excluding tert-OH is 1. The quantitative estimate of drug-likeness (QED) is 0.846. The molecule has 2 rings (SSSR count). The third-order valence-electron chi connectivity index (χ3n) is 2.32. The molecule has 0 amide bonds. The lowest BCUT2D eigenvalue weighted by atomic mass is 10.1. The van der Waals surface area contributed by atoms with Crippen LogP contribution in [0.1, 0.15) is 17.4 Å². The van der Waals surface area contributed by atoms with Crippen LogP contribution in [0.5, 0.6) is 0 Å². The molecule has 15 heavy (non-hydrogen) atoms. The monoisotopic (exact) mass is 222 g/mol. The summed E-state index contributed by atoms with van der Waals surface area (Å²) in [5.74, 6) is 0. The van der Waals surface area contributed by atoms with Crippen LogP contribution in [0.15, 0.2) is 36.5 Å². The maximum atomic E-state index is 10.0. The number of aromatic nitrogens is 2. The van der Waals surface area contributed by atoms with Crippen LogP contribution in [0, 0.1) is 0 Å². The number of benzene rings is 1. The number of halogens is 1. The second kappa shape index (κ2) is 4.04. The second-order valence-electron chi connectivity index (χ2n) is 3.33. The topological polar surface area (TPSA) is 38.0 Å². The molecular formula is C11H11ClN2O. The maximum absolute atomic E-state index is 10.0. The highest BCUT2D eigenvalue weighted by atomic mass is 35.5. The first-order valence-corrected chi connectivity index (χ1v) is 4.97. The number of aryl methyl sites for hydroxylation is 1. The van der Waals surface area contributed by atoms with Crippen LogP contribution in [0.3, 0.4) is 0 Å². The molecule has 1 heterocycles. The van der Waals surface area contributed by atoms with Gasteiger partial charge in [-0.2, -0.15) is 5.10 Å². The normalized spacial score (nSPS) is 12.7. The maximum Gasteiger partial charge on any atom is 0.121 e. The first kappa shape index (κ1) is 10.2. The SMILES string of the molecule is Cn1nccc1C(O)c1ccc(Cl)cc1. The average molecular weight is 223 g/mol. The van der Waals surface area contributed by atoms with Crippen molar-refractivity contribution in [2.24, 2.45) is 7.05 Å². The largest absolute Gasteiger partial charge is 0.382 e. The molecule has 78 valence electrons. The van der Waals surface area contributed by atoms with Gasteiger partial charge in [-0.15, -0.1) is 0 Å². The van der Waals surface area contributed by atoms with E-state index in [0.717, 1.165) is 11.3 Å². The number of nitrogens with zero attached hydrogens (tertiary/aromatic N) is 2. The highest BCUT2D eigenvalue weighted by molar-refractivity contribution is 6.30. The first-order valence-electron chi connectivity index (χ1n) is 4.60. The van der Waals surface area contributed by atoms with Crippen LogP contribution in [-0.4, -0.2) is 14.9 Å². The van der Waals surface area contributed by atoms with E-state index in [4.69, 9.17) is 11.6 Å². The zero-order valence-corrected chi connectivity index (χ0v) is 9.02. The zero-order chi connectivity index (χ0) is 10.8. The lowest BCUT2D eigenvalue weighted by Gasteiger charge is -2.11. The van der Waals surface area contributed by atoms with Crippen molar-refractivity contribution in [3.8, 4) is 0 Å². The van der Waals surface area contributed by atoms with Crippen molar-refractivity contribution in [3.05, 3.63) is 52.8 Å². The fraction of sp³-hybridized carbons (Fsp3) is 0.182. The summed E-state index contributed by atoms with van der Waals surface area (Å²) >= 11 is 5.77. The molecular weight excluding hydrogens is 212 g/mol. The Morgan fingerprint density at radius 1 is 1.27 bits per heavy atom. The number of hydrogen-bond donors (Lipinski definition) is 1. The molecule has 0 fully saturated rings. The summed E-state index contributed by atoms with van der Waals surface area (Å²) in [6, 6.07) is 8.92. The summed E-state index contributed by atoms with van der Waals surface area (Å²) in [4.78, 5) is 0. The summed E-state index contributed by atoms with van der Waals surface area (Å²) in [5.41, 5.74) is 1.57. The van der Waals surface area contributed by atoms with Gasteiger partial charge in [0.2, 0.25) is 0 Å². The number of rotatable bonds is 2. The highest BCUT2D eigenvalue weighted by Crippen LogP contribution is 2.22. The molecule has 1 aromatic carbocycles. The van der Waals surface area contributed by atoms with Crippen molar-refractivity contribution in [2.45, 2.75) is 6.10 Å². The Kier molecular flexibility index (Phi) is 2.75. The first-order chi connectivity index (χ1) is 7.18. The van der Waals surface area contributed by atoms with E-state index in [1.165, 1.54) is 0 Å². The van der Waals surface area contributed by atoms with Crippen molar-refractivity contribution in [3.63, 3.8) is 0 Å². The van der Waals surface area contributed by atoms with Gasteiger partial charge in [-0.05, 0) is 23.8 Å². The Hall–Kier alpha value is -1.32. The van der Waals surface area contributed by atoms with Crippen molar-refractivity contribution >= 4 is 11.6 Å². The Labute approximate surface area is 92.9 Å². The minimum absolute atomic E-state index is 0.658. The van der Waals surface area contributed by atoms with E-state index in [1.807, 2.05) is 0 Å². The number of hydrogen-bond acceptors (Lipinski definition) is 2. The van der Waals surface area contributed by atoms with E-state index in [9.17, 15) is 5.11 Å². The third kappa shape index (κ3) is 2.03. The molecule has 0 saturated heterocycles. The van der Waals surface area contributed by atoms with Gasteiger partial charge in [0.05, 0.1) is 5.69 Å². The molecule has 2 aromatic rings. The van der Waals surface area contributed by atoms with Crippen molar-refractivity contribution in [1.29, 1.82) is 0 Å². The summed E-state index contributed by atoms with van der Waals surface area (Å²) < 4.78 is 1.65. The molecule has 0 bridgehead atoms. The molecule has 0 saturated carbocycles. The van der Waals surface area contributed by atoms with Gasteiger partial charge in [0.1, 0.15) is 6.10 Å². The minimum atomic E-state index is -0.658. The van der Waals surface area contributed by atoms with Crippen molar-refractivity contribution in [2.75, 3.05) is 0 Å². The fourth-order valence-corrected chi connectivity index (χ4v) is 1.59. The molecule has 0 aliphatic rings. The van der Waals surface area contributed by atoms with E-state index in [-0.39, 0.29) is 0 Å². The molecule has 4 heteroatoms. The molecule has 1 N–H and O–H groups in total. The summed E-state index contributed by atoms with van der Waals surface area (Å²) in [6.45, 7) is 0. The lowest BCUT2D eigenvalue weighted by molar-refractivity contribution is 0.210. The van der Waals surface area contributed by atoms with E-state index in [2.05, 4.69) is 5.10 Å². The van der Waals surface area contributed by atoms with Crippen LogP contribution in [0.2, 0.25) is 5.02 Å². The van der Waals surface area contributed by atoms with Crippen molar-refractivity contribution in [1.82, 2.24) is 9.78 Å². The summed E-state index contributed by atoms with van der Waals surface area (Å²) in [5, 5.41) is 14.7. The van der Waals surface area contributed by atoms with Gasteiger partial charge >= 0.3 is 0 Å². The van der Waals surface area contributed by atoms with Crippen LogP contribution < -0.4 is 0 Å². The summed E-state index contributed by atoms with van der Waals surface area (Å²) in [7, 11) is 1.80. The Bertz CT molecular complexity index is 450. The minimum Gasteiger partial charge on any atom is -0.382 e. The second-order valence-corrected chi connectivity index (χ2v) is 3.77. The molecule has 0 aliphatic carbocycles. The predicted octanol–water partition coefficient (Wildman–Crippen LogP) is 2.16. The van der Waals surface area contributed by atoms with E-state index in [0.29, 0.717) is 5.02 Å². The van der Waals surface area contributed by atoms with Gasteiger partial charge in [0.25, 0.3) is 0 Å². The zero-order valence-electron chi connectivity index (χ0n) is 8.26. The van der Waals surface area contributed by atoms with E-state index in [1.54, 1.807) is 48.3 Å². The molecule has 1 atom stereocenters. The molecule has 0 radical (unpaired) electrons. The molecule has 1 unspecified atom stereocenters. The van der Waals surface area contributed by atoms with Crippen LogP contribution in [-0.2, 0) is 7.05 Å².